The van der Waals surface area contributed by atoms with Crippen LogP contribution in [0.5, 0.6) is 0 Å². The van der Waals surface area contributed by atoms with E-state index in [-0.39, 0.29) is 0 Å². The highest BCUT2D eigenvalue weighted by molar-refractivity contribution is 6.16. The van der Waals surface area contributed by atoms with E-state index in [1.807, 2.05) is 6.08 Å². The van der Waals surface area contributed by atoms with Gasteiger partial charge < -0.3 is 14.2 Å². The summed E-state index contributed by atoms with van der Waals surface area (Å²) in [5.74, 6) is -0.941. The third kappa shape index (κ3) is 3.16. The lowest BCUT2D eigenvalue weighted by atomic mass is 10.3. The van der Waals surface area contributed by atoms with E-state index in [1.165, 1.54) is 21.3 Å². The van der Waals surface area contributed by atoms with Gasteiger partial charge >= 0.3 is 0 Å². The molecule has 0 spiro atoms. The minimum absolute atomic E-state index is 0.542. The van der Waals surface area contributed by atoms with Crippen LogP contribution in [0.25, 0.3) is 0 Å². The van der Waals surface area contributed by atoms with Crippen LogP contribution in [0.4, 0.5) is 0 Å². The molecular weight excluding hydrogens is 160 g/mol. The number of hydrogen-bond acceptors (Lipinski definition) is 3. The first-order valence-electron chi connectivity index (χ1n) is 3.22. The van der Waals surface area contributed by atoms with Gasteiger partial charge in [-0.1, -0.05) is 6.08 Å². The third-order valence-corrected chi connectivity index (χ3v) is 1.65. The third-order valence-electron chi connectivity index (χ3n) is 1.42. The number of rotatable bonds is 5. The van der Waals surface area contributed by atoms with Gasteiger partial charge in [0.05, 0.1) is 10.2 Å². The summed E-state index contributed by atoms with van der Waals surface area (Å²) in [4.78, 5) is 0. The Morgan fingerprint density at radius 1 is 1.18 bits per heavy atom. The Labute approximate surface area is 70.8 Å². The van der Waals surface area contributed by atoms with E-state index in [4.69, 9.17) is 14.2 Å². The average molecular weight is 173 g/mol. The number of methoxy groups -OCH3 is 3. The molecule has 0 aliphatic heterocycles. The molecule has 0 aromatic heterocycles. The summed E-state index contributed by atoms with van der Waals surface area (Å²) in [5.41, 5.74) is 1.73. The van der Waals surface area contributed by atoms with Crippen molar-refractivity contribution in [3.05, 3.63) is 11.8 Å². The zero-order valence-electron chi connectivity index (χ0n) is 7.09. The van der Waals surface area contributed by atoms with Crippen molar-refractivity contribution in [1.82, 2.24) is 0 Å². The van der Waals surface area contributed by atoms with Crippen LogP contribution < -0.4 is 0 Å². The Morgan fingerprint density at radius 2 is 1.64 bits per heavy atom. The van der Waals surface area contributed by atoms with Gasteiger partial charge in [0.2, 0.25) is 0 Å². The normalized spacial score (nSPS) is 12.7. The van der Waals surface area contributed by atoms with Gasteiger partial charge in [0, 0.05) is 27.8 Å². The van der Waals surface area contributed by atoms with Gasteiger partial charge in [0.1, 0.15) is 0 Å². The lowest BCUT2D eigenvalue weighted by Gasteiger charge is -2.27. The molecule has 63 valence electrons. The van der Waals surface area contributed by atoms with Gasteiger partial charge in [0.25, 0.3) is 5.97 Å². The van der Waals surface area contributed by atoms with Crippen LogP contribution >= 0.6 is 0 Å². The molecule has 0 aliphatic rings. The van der Waals surface area contributed by atoms with E-state index in [2.05, 4.69) is 10.2 Å². The molecular formula is C7H13O3Si. The first kappa shape index (κ1) is 10.8. The Hall–Kier alpha value is -0.163. The van der Waals surface area contributed by atoms with Gasteiger partial charge in [0.15, 0.2) is 0 Å². The molecule has 0 saturated carbocycles. The molecule has 0 aromatic carbocycles. The van der Waals surface area contributed by atoms with Gasteiger partial charge in [-0.25, -0.2) is 0 Å². The molecule has 0 unspecified atom stereocenters. The van der Waals surface area contributed by atoms with Crippen LogP contribution in [0.1, 0.15) is 6.42 Å². The summed E-state index contributed by atoms with van der Waals surface area (Å²) in [6.07, 6.45) is 2.38. The Bertz CT molecular complexity index is 113. The summed E-state index contributed by atoms with van der Waals surface area (Å²) in [6.45, 7) is 0. The van der Waals surface area contributed by atoms with Gasteiger partial charge in [-0.3, -0.25) is 0 Å². The molecule has 0 aromatic rings. The van der Waals surface area contributed by atoms with Gasteiger partial charge in [-0.05, 0) is 0 Å². The fourth-order valence-electron chi connectivity index (χ4n) is 0.703. The minimum atomic E-state index is -0.941. The predicted molar refractivity (Wildman–Crippen MR) is 43.3 cm³/mol. The fraction of sp³-hybridized carbons (Fsp3) is 0.714. The Balaban J connectivity index is 4.04. The highest BCUT2D eigenvalue weighted by Gasteiger charge is 2.27. The van der Waals surface area contributed by atoms with Gasteiger partial charge in [-0.2, -0.15) is 0 Å². The maximum atomic E-state index is 5.02. The highest BCUT2D eigenvalue weighted by atomic mass is 28.1. The SMILES string of the molecule is COC(CC=C[Si])(OC)OC. The average Bonchev–Trinajstić information content (AvgIpc) is 2.08. The minimum Gasteiger partial charge on any atom is -0.331 e. The fourth-order valence-corrected chi connectivity index (χ4v) is 0.821. The van der Waals surface area contributed by atoms with Crippen molar-refractivity contribution in [2.24, 2.45) is 0 Å². The van der Waals surface area contributed by atoms with Crippen molar-refractivity contribution in [2.45, 2.75) is 12.4 Å². The molecule has 0 aliphatic carbocycles. The van der Waals surface area contributed by atoms with Crippen molar-refractivity contribution < 1.29 is 14.2 Å². The summed E-state index contributed by atoms with van der Waals surface area (Å²) in [5, 5.41) is 0. The van der Waals surface area contributed by atoms with E-state index in [9.17, 15) is 0 Å². The van der Waals surface area contributed by atoms with E-state index in [0.717, 1.165) is 0 Å². The molecule has 0 heterocycles. The topological polar surface area (TPSA) is 27.7 Å². The summed E-state index contributed by atoms with van der Waals surface area (Å²) < 4.78 is 15.1. The first-order chi connectivity index (χ1) is 5.24. The molecule has 3 nitrogen and oxygen atoms in total. The largest absolute Gasteiger partial charge is 0.331 e. The Kier molecular flexibility index (Phi) is 5.40. The van der Waals surface area contributed by atoms with Crippen molar-refractivity contribution in [3.8, 4) is 0 Å². The second kappa shape index (κ2) is 5.48. The zero-order chi connectivity index (χ0) is 8.74. The lowest BCUT2D eigenvalue weighted by molar-refractivity contribution is -0.349. The summed E-state index contributed by atoms with van der Waals surface area (Å²) in [7, 11) is 7.80. The van der Waals surface area contributed by atoms with Gasteiger partial charge in [-0.15, -0.1) is 5.70 Å². The van der Waals surface area contributed by atoms with Crippen LogP contribution in [-0.4, -0.2) is 37.5 Å². The molecule has 0 N–H and O–H groups in total. The summed E-state index contributed by atoms with van der Waals surface area (Å²) >= 11 is 0. The number of ether oxygens (including phenoxy) is 3. The smallest absolute Gasteiger partial charge is 0.285 e. The second-order valence-electron chi connectivity index (χ2n) is 1.90. The van der Waals surface area contributed by atoms with Crippen molar-refractivity contribution in [3.63, 3.8) is 0 Å². The van der Waals surface area contributed by atoms with Crippen LogP contribution in [-0.2, 0) is 14.2 Å². The van der Waals surface area contributed by atoms with E-state index >= 15 is 0 Å². The van der Waals surface area contributed by atoms with Crippen molar-refractivity contribution in [1.29, 1.82) is 0 Å². The van der Waals surface area contributed by atoms with Crippen LogP contribution in [0.2, 0.25) is 0 Å². The van der Waals surface area contributed by atoms with E-state index in [1.54, 1.807) is 5.70 Å². The molecule has 0 saturated heterocycles. The van der Waals surface area contributed by atoms with Crippen LogP contribution in [0.3, 0.4) is 0 Å². The maximum absolute atomic E-state index is 5.02. The first-order valence-corrected chi connectivity index (χ1v) is 3.80. The second-order valence-corrected chi connectivity index (χ2v) is 2.24. The number of hydrogen-bond donors (Lipinski definition) is 0. The molecule has 0 amide bonds. The van der Waals surface area contributed by atoms with Crippen LogP contribution in [0.15, 0.2) is 11.8 Å². The zero-order valence-corrected chi connectivity index (χ0v) is 8.09. The Morgan fingerprint density at radius 3 is 1.91 bits per heavy atom. The standard InChI is InChI=1S/C7H13O3Si/c1-8-7(9-2,10-3)5-4-6-11/h4,6H,5H2,1-3H3. The summed E-state index contributed by atoms with van der Waals surface area (Å²) in [6, 6.07) is 0. The molecule has 0 atom stereocenters. The molecule has 0 rings (SSSR count). The van der Waals surface area contributed by atoms with Crippen molar-refractivity contribution in [2.75, 3.05) is 21.3 Å². The molecule has 11 heavy (non-hydrogen) atoms. The predicted octanol–water partition coefficient (Wildman–Crippen LogP) is 0.652. The molecule has 4 heteroatoms. The maximum Gasteiger partial charge on any atom is 0.285 e. The lowest BCUT2D eigenvalue weighted by Crippen LogP contribution is -2.35. The highest BCUT2D eigenvalue weighted by Crippen LogP contribution is 2.16. The quantitative estimate of drug-likeness (QED) is 0.451. The van der Waals surface area contributed by atoms with Crippen molar-refractivity contribution >= 4 is 10.2 Å². The van der Waals surface area contributed by atoms with Crippen LogP contribution in [0, 0.1) is 0 Å². The molecule has 0 fully saturated rings. The molecule has 3 radical (unpaired) electrons. The van der Waals surface area contributed by atoms with E-state index < -0.39 is 5.97 Å². The van der Waals surface area contributed by atoms with E-state index in [0.29, 0.717) is 6.42 Å². The molecule has 0 bridgehead atoms. The monoisotopic (exact) mass is 173 g/mol.